The average molecular weight is 281 g/mol. The van der Waals surface area contributed by atoms with Crippen LogP contribution in [0.4, 0.5) is 13.2 Å². The van der Waals surface area contributed by atoms with Gasteiger partial charge in [-0.2, -0.15) is 13.2 Å². The number of rotatable bonds is 3. The Kier molecular flexibility index (Phi) is 3.99. The Morgan fingerprint density at radius 2 is 1.70 bits per heavy atom. The molecule has 2 N–H and O–H groups in total. The summed E-state index contributed by atoms with van der Waals surface area (Å²) in [6.07, 6.45) is -4.38. The van der Waals surface area contributed by atoms with Crippen molar-refractivity contribution < 1.29 is 17.9 Å². The maximum absolute atomic E-state index is 12.8. The molecule has 0 aromatic heterocycles. The molecule has 0 aliphatic rings. The van der Waals surface area contributed by atoms with Crippen molar-refractivity contribution in [2.45, 2.75) is 12.7 Å². The predicted octanol–water partition coefficient (Wildman–Crippen LogP) is 3.84. The molecule has 0 amide bonds. The van der Waals surface area contributed by atoms with Gasteiger partial charge in [0.1, 0.15) is 5.75 Å². The number of hydrogen-bond donors (Lipinski definition) is 1. The molecule has 0 bridgehead atoms. The summed E-state index contributed by atoms with van der Waals surface area (Å²) in [6, 6.07) is 10.5. The van der Waals surface area contributed by atoms with Crippen molar-refractivity contribution in [1.29, 1.82) is 0 Å². The Morgan fingerprint density at radius 3 is 2.20 bits per heavy atom. The van der Waals surface area contributed by atoms with E-state index in [9.17, 15) is 13.2 Å². The molecule has 20 heavy (non-hydrogen) atoms. The summed E-state index contributed by atoms with van der Waals surface area (Å²) < 4.78 is 43.5. The van der Waals surface area contributed by atoms with Crippen molar-refractivity contribution in [3.8, 4) is 16.9 Å². The molecule has 0 aliphatic carbocycles. The molecule has 2 nitrogen and oxygen atoms in total. The number of nitrogens with two attached hydrogens (primary N) is 1. The summed E-state index contributed by atoms with van der Waals surface area (Å²) in [4.78, 5) is 0. The molecule has 2 aromatic rings. The van der Waals surface area contributed by atoms with Crippen LogP contribution in [-0.4, -0.2) is 7.11 Å². The summed E-state index contributed by atoms with van der Waals surface area (Å²) in [5.74, 6) is 0.401. The minimum Gasteiger partial charge on any atom is -0.496 e. The van der Waals surface area contributed by atoms with Gasteiger partial charge >= 0.3 is 6.18 Å². The topological polar surface area (TPSA) is 35.2 Å². The van der Waals surface area contributed by atoms with Crippen molar-refractivity contribution in [3.05, 3.63) is 53.6 Å². The van der Waals surface area contributed by atoms with E-state index in [0.29, 0.717) is 23.4 Å². The quantitative estimate of drug-likeness (QED) is 0.927. The molecule has 0 heterocycles. The van der Waals surface area contributed by atoms with E-state index in [1.165, 1.54) is 13.2 Å². The molecule has 0 saturated heterocycles. The predicted molar refractivity (Wildman–Crippen MR) is 71.3 cm³/mol. The third kappa shape index (κ3) is 2.93. The van der Waals surface area contributed by atoms with Gasteiger partial charge in [0.25, 0.3) is 0 Å². The lowest BCUT2D eigenvalue weighted by atomic mass is 10.0. The summed E-state index contributed by atoms with van der Waals surface area (Å²) in [7, 11) is 1.43. The summed E-state index contributed by atoms with van der Waals surface area (Å²) in [5.41, 5.74) is 6.79. The van der Waals surface area contributed by atoms with Crippen LogP contribution in [0.15, 0.2) is 42.5 Å². The first-order valence-corrected chi connectivity index (χ1v) is 6.00. The lowest BCUT2D eigenvalue weighted by Gasteiger charge is -2.13. The van der Waals surface area contributed by atoms with Gasteiger partial charge in [0, 0.05) is 12.1 Å². The maximum Gasteiger partial charge on any atom is 0.416 e. The van der Waals surface area contributed by atoms with Crippen LogP contribution in [0.25, 0.3) is 11.1 Å². The second kappa shape index (κ2) is 5.54. The van der Waals surface area contributed by atoms with E-state index in [2.05, 4.69) is 0 Å². The normalized spacial score (nSPS) is 11.4. The van der Waals surface area contributed by atoms with Crippen molar-refractivity contribution in [3.63, 3.8) is 0 Å². The minimum atomic E-state index is -4.38. The smallest absolute Gasteiger partial charge is 0.416 e. The number of methoxy groups -OCH3 is 1. The van der Waals surface area contributed by atoms with Crippen LogP contribution in [-0.2, 0) is 12.7 Å². The monoisotopic (exact) mass is 281 g/mol. The first kappa shape index (κ1) is 14.4. The third-order valence-corrected chi connectivity index (χ3v) is 3.03. The van der Waals surface area contributed by atoms with Crippen LogP contribution >= 0.6 is 0 Å². The Balaban J connectivity index is 2.52. The van der Waals surface area contributed by atoms with Crippen molar-refractivity contribution in [2.24, 2.45) is 5.73 Å². The lowest BCUT2D eigenvalue weighted by Crippen LogP contribution is -2.05. The molecule has 0 aliphatic heterocycles. The van der Waals surface area contributed by atoms with Gasteiger partial charge < -0.3 is 10.5 Å². The van der Waals surface area contributed by atoms with Gasteiger partial charge in [0.2, 0.25) is 0 Å². The number of alkyl halides is 3. The second-order valence-electron chi connectivity index (χ2n) is 4.31. The zero-order valence-electron chi connectivity index (χ0n) is 10.9. The van der Waals surface area contributed by atoms with E-state index in [1.807, 2.05) is 0 Å². The van der Waals surface area contributed by atoms with Crippen LogP contribution in [0.1, 0.15) is 11.1 Å². The number of hydrogen-bond acceptors (Lipinski definition) is 2. The van der Waals surface area contributed by atoms with E-state index in [1.54, 1.807) is 24.3 Å². The number of benzene rings is 2. The van der Waals surface area contributed by atoms with Crippen LogP contribution in [0.3, 0.4) is 0 Å². The highest BCUT2D eigenvalue weighted by Gasteiger charge is 2.31. The molecule has 106 valence electrons. The molecule has 0 fully saturated rings. The lowest BCUT2D eigenvalue weighted by molar-refractivity contribution is -0.137. The highest BCUT2D eigenvalue weighted by Crippen LogP contribution is 2.37. The molecule has 5 heteroatoms. The summed E-state index contributed by atoms with van der Waals surface area (Å²) >= 11 is 0. The number of halogens is 3. The van der Waals surface area contributed by atoms with E-state index in [0.717, 1.165) is 17.7 Å². The van der Waals surface area contributed by atoms with E-state index < -0.39 is 11.7 Å². The van der Waals surface area contributed by atoms with Crippen LogP contribution in [0, 0.1) is 0 Å². The molecule has 2 rings (SSSR count). The molecule has 0 unspecified atom stereocenters. The Labute approximate surface area is 115 Å². The maximum atomic E-state index is 12.8. The van der Waals surface area contributed by atoms with Gasteiger partial charge in [0.05, 0.1) is 12.7 Å². The zero-order valence-corrected chi connectivity index (χ0v) is 10.9. The molecular formula is C15H14F3NO. The fourth-order valence-electron chi connectivity index (χ4n) is 1.93. The summed E-state index contributed by atoms with van der Waals surface area (Å²) in [6.45, 7) is 0.389. The van der Waals surface area contributed by atoms with E-state index in [-0.39, 0.29) is 0 Å². The number of ether oxygens (including phenoxy) is 1. The van der Waals surface area contributed by atoms with Crippen molar-refractivity contribution in [2.75, 3.05) is 7.11 Å². The molecule has 2 aromatic carbocycles. The highest BCUT2D eigenvalue weighted by atomic mass is 19.4. The van der Waals surface area contributed by atoms with E-state index >= 15 is 0 Å². The molecule has 0 saturated carbocycles. The fourth-order valence-corrected chi connectivity index (χ4v) is 1.93. The van der Waals surface area contributed by atoms with Crippen LogP contribution in [0.5, 0.6) is 5.75 Å². The van der Waals surface area contributed by atoms with Crippen molar-refractivity contribution >= 4 is 0 Å². The Bertz CT molecular complexity index is 591. The Morgan fingerprint density at radius 1 is 1.05 bits per heavy atom. The SMILES string of the molecule is COc1ccc(C(F)(F)F)cc1-c1ccc(CN)cc1. The van der Waals surface area contributed by atoms with Gasteiger partial charge in [0.15, 0.2) is 0 Å². The van der Waals surface area contributed by atoms with Gasteiger partial charge in [-0.05, 0) is 29.3 Å². The second-order valence-corrected chi connectivity index (χ2v) is 4.31. The van der Waals surface area contributed by atoms with Gasteiger partial charge in [-0.25, -0.2) is 0 Å². The first-order valence-electron chi connectivity index (χ1n) is 6.00. The van der Waals surface area contributed by atoms with Gasteiger partial charge in [-0.3, -0.25) is 0 Å². The summed E-state index contributed by atoms with van der Waals surface area (Å²) in [5, 5.41) is 0. The van der Waals surface area contributed by atoms with E-state index in [4.69, 9.17) is 10.5 Å². The molecule has 0 radical (unpaired) electrons. The van der Waals surface area contributed by atoms with Crippen molar-refractivity contribution in [1.82, 2.24) is 0 Å². The molecule has 0 spiro atoms. The van der Waals surface area contributed by atoms with Crippen LogP contribution in [0.2, 0.25) is 0 Å². The molecular weight excluding hydrogens is 267 g/mol. The highest BCUT2D eigenvalue weighted by molar-refractivity contribution is 5.71. The fraction of sp³-hybridized carbons (Fsp3) is 0.200. The van der Waals surface area contributed by atoms with Gasteiger partial charge in [-0.15, -0.1) is 0 Å². The standard InChI is InChI=1S/C15H14F3NO/c1-20-14-7-6-12(15(16,17)18)8-13(14)11-4-2-10(9-19)3-5-11/h2-8H,9,19H2,1H3. The average Bonchev–Trinajstić information content (AvgIpc) is 2.45. The zero-order chi connectivity index (χ0) is 14.8. The first-order chi connectivity index (χ1) is 9.45. The third-order valence-electron chi connectivity index (χ3n) is 3.03. The van der Waals surface area contributed by atoms with Gasteiger partial charge in [-0.1, -0.05) is 24.3 Å². The minimum absolute atomic E-state index is 0.389. The molecule has 0 atom stereocenters. The Hall–Kier alpha value is -2.01. The van der Waals surface area contributed by atoms with Crippen LogP contribution < -0.4 is 10.5 Å². The largest absolute Gasteiger partial charge is 0.496 e.